The summed E-state index contributed by atoms with van der Waals surface area (Å²) in [6, 6.07) is 0. The molecule has 1 saturated heterocycles. The number of rotatable bonds is 2. The molecule has 0 aromatic heterocycles. The zero-order chi connectivity index (χ0) is 26.4. The number of fused-ring (bicyclic) bond motifs is 3. The molecule has 4 aliphatic heterocycles. The quantitative estimate of drug-likeness (QED) is 0.325. The average Bonchev–Trinajstić information content (AvgIpc) is 3.60. The molecule has 0 aromatic carbocycles. The zero-order valence-electron chi connectivity index (χ0n) is 22.0. The summed E-state index contributed by atoms with van der Waals surface area (Å²) in [4.78, 5) is 12.6. The Morgan fingerprint density at radius 1 is 1.03 bits per heavy atom. The fourth-order valence-electron chi connectivity index (χ4n) is 5.44. The normalized spacial score (nSPS) is 41.1. The summed E-state index contributed by atoms with van der Waals surface area (Å²) in [5.74, 6) is -0.149. The zero-order valence-corrected chi connectivity index (χ0v) is 22.0. The topological polar surface area (TPSA) is 97.8 Å². The molecular weight excluding hydrogens is 472 g/mol. The molecule has 0 amide bonds. The predicted octanol–water partition coefficient (Wildman–Crippen LogP) is 4.11. The van der Waals surface area contributed by atoms with E-state index in [1.165, 1.54) is 11.6 Å². The van der Waals surface area contributed by atoms with Crippen molar-refractivity contribution in [2.45, 2.75) is 108 Å². The van der Waals surface area contributed by atoms with Crippen molar-refractivity contribution in [1.82, 2.24) is 0 Å². The van der Waals surface area contributed by atoms with Gasteiger partial charge in [-0.2, -0.15) is 0 Å². The molecule has 0 saturated carbocycles. The van der Waals surface area contributed by atoms with Gasteiger partial charge in [-0.25, -0.2) is 4.79 Å². The summed E-state index contributed by atoms with van der Waals surface area (Å²) < 4.78 is 23.3. The maximum Gasteiger partial charge on any atom is 0.331 e. The smallest absolute Gasteiger partial charge is 0.331 e. The van der Waals surface area contributed by atoms with Gasteiger partial charge in [0.25, 0.3) is 0 Å². The van der Waals surface area contributed by atoms with Crippen LogP contribution in [0.5, 0.6) is 0 Å². The van der Waals surface area contributed by atoms with E-state index in [0.29, 0.717) is 25.4 Å². The second-order valence-electron chi connectivity index (χ2n) is 11.0. The third kappa shape index (κ3) is 8.76. The Morgan fingerprint density at radius 2 is 1.86 bits per heavy atom. The van der Waals surface area contributed by atoms with E-state index in [-0.39, 0.29) is 36.9 Å². The van der Waals surface area contributed by atoms with E-state index in [2.05, 4.69) is 26.5 Å². The Balaban J connectivity index is 1.46. The summed E-state index contributed by atoms with van der Waals surface area (Å²) in [6.45, 7) is 8.96. The fraction of sp³-hybridized carbons (Fsp3) is 0.633. The third-order valence-electron chi connectivity index (χ3n) is 7.43. The molecule has 2 N–H and O–H groups in total. The van der Waals surface area contributed by atoms with E-state index in [9.17, 15) is 15.0 Å². The van der Waals surface area contributed by atoms with Crippen LogP contribution < -0.4 is 0 Å². The minimum atomic E-state index is -0.980. The van der Waals surface area contributed by atoms with Crippen molar-refractivity contribution in [1.29, 1.82) is 0 Å². The summed E-state index contributed by atoms with van der Waals surface area (Å²) in [5, 5.41) is 21.7. The number of carbonyl (C=O) groups is 1. The van der Waals surface area contributed by atoms with Crippen LogP contribution in [0.15, 0.2) is 60.3 Å². The van der Waals surface area contributed by atoms with E-state index in [0.717, 1.165) is 31.3 Å². The van der Waals surface area contributed by atoms with E-state index in [4.69, 9.17) is 18.9 Å². The van der Waals surface area contributed by atoms with Gasteiger partial charge in [-0.15, -0.1) is 0 Å². The lowest BCUT2D eigenvalue weighted by Gasteiger charge is -2.28. The van der Waals surface area contributed by atoms with Crippen LogP contribution >= 0.6 is 0 Å². The number of aliphatic hydroxyl groups is 2. The van der Waals surface area contributed by atoms with Crippen molar-refractivity contribution in [3.63, 3.8) is 0 Å². The van der Waals surface area contributed by atoms with Crippen LogP contribution in [0.1, 0.15) is 58.8 Å². The van der Waals surface area contributed by atoms with Crippen LogP contribution in [-0.4, -0.2) is 71.6 Å². The van der Waals surface area contributed by atoms with Gasteiger partial charge in [0, 0.05) is 12.5 Å². The fourth-order valence-corrected chi connectivity index (χ4v) is 5.44. The first-order valence-electron chi connectivity index (χ1n) is 13.6. The van der Waals surface area contributed by atoms with Gasteiger partial charge in [-0.1, -0.05) is 55.0 Å². The molecule has 204 valence electrons. The van der Waals surface area contributed by atoms with Crippen LogP contribution in [-0.2, 0) is 23.7 Å². The van der Waals surface area contributed by atoms with Crippen molar-refractivity contribution in [2.24, 2.45) is 5.92 Å². The predicted molar refractivity (Wildman–Crippen MR) is 141 cm³/mol. The minimum absolute atomic E-state index is 0.0904. The Labute approximate surface area is 220 Å². The van der Waals surface area contributed by atoms with E-state index in [1.54, 1.807) is 12.2 Å². The minimum Gasteiger partial charge on any atom is -0.452 e. The lowest BCUT2D eigenvalue weighted by atomic mass is 9.91. The second-order valence-corrected chi connectivity index (χ2v) is 11.0. The Kier molecular flexibility index (Phi) is 9.96. The van der Waals surface area contributed by atoms with Crippen molar-refractivity contribution in [3.8, 4) is 0 Å². The molecule has 2 bridgehead atoms. The average molecular weight is 515 g/mol. The summed E-state index contributed by atoms with van der Waals surface area (Å²) in [6.07, 6.45) is 14.3. The van der Waals surface area contributed by atoms with Gasteiger partial charge >= 0.3 is 5.97 Å². The van der Waals surface area contributed by atoms with Gasteiger partial charge < -0.3 is 29.2 Å². The maximum atomic E-state index is 12.6. The highest BCUT2D eigenvalue weighted by molar-refractivity contribution is 5.82. The van der Waals surface area contributed by atoms with Crippen molar-refractivity contribution in [2.75, 3.05) is 6.61 Å². The van der Waals surface area contributed by atoms with Crippen LogP contribution in [0.25, 0.3) is 0 Å². The van der Waals surface area contributed by atoms with Crippen molar-refractivity contribution >= 4 is 5.97 Å². The van der Waals surface area contributed by atoms with Crippen molar-refractivity contribution < 1.29 is 34.0 Å². The number of ether oxygens (including phenoxy) is 4. The second kappa shape index (κ2) is 13.2. The molecule has 4 rings (SSSR count). The van der Waals surface area contributed by atoms with Crippen LogP contribution in [0, 0.1) is 5.92 Å². The largest absolute Gasteiger partial charge is 0.452 e. The number of hydrogen-bond acceptors (Lipinski definition) is 7. The molecule has 7 nitrogen and oxygen atoms in total. The SMILES string of the molecule is C=C1C[C@H](C)C[C@@H]2CC=C[C@@H](C/C=C\C(=O)O[C@@H](/C=C/[C@@H]3CC(C)=CCO3)[C@@H](O)C[C@H]3O[C@H]3[C@@H](O)C1)O2. The first-order chi connectivity index (χ1) is 17.8. The molecule has 9 atom stereocenters. The van der Waals surface area contributed by atoms with Crippen LogP contribution in [0.2, 0.25) is 0 Å². The van der Waals surface area contributed by atoms with Gasteiger partial charge in [0.2, 0.25) is 0 Å². The molecule has 4 aliphatic rings. The lowest BCUT2D eigenvalue weighted by Crippen LogP contribution is -2.32. The maximum absolute atomic E-state index is 12.6. The highest BCUT2D eigenvalue weighted by Crippen LogP contribution is 2.34. The monoisotopic (exact) mass is 514 g/mol. The van der Waals surface area contributed by atoms with E-state index < -0.39 is 24.3 Å². The Bertz CT molecular complexity index is 919. The van der Waals surface area contributed by atoms with E-state index in [1.807, 2.05) is 18.2 Å². The standard InChI is InChI=1S/C30H42O7/c1-19-12-13-34-23(15-19)10-11-27-25(31)18-28-30(37-28)26(32)17-21(3)14-20(2)16-24-8-4-6-22(35-24)7-5-9-29(33)36-27/h4-6,9-12,20,22-28,30-32H,3,7-8,13-18H2,1-2H3/b9-5-,11-10+/t20-,22-,23+,24-,25-,26-,27-,28+,30-/m0/s1. The van der Waals surface area contributed by atoms with Gasteiger partial charge in [0.05, 0.1) is 43.2 Å². The number of hydrogen-bond donors (Lipinski definition) is 2. The first-order valence-corrected chi connectivity index (χ1v) is 13.6. The summed E-state index contributed by atoms with van der Waals surface area (Å²) in [7, 11) is 0. The number of esters is 1. The summed E-state index contributed by atoms with van der Waals surface area (Å²) in [5.41, 5.74) is 2.23. The number of cyclic esters (lactones) is 1. The summed E-state index contributed by atoms with van der Waals surface area (Å²) >= 11 is 0. The molecule has 7 heteroatoms. The number of epoxide rings is 1. The van der Waals surface area contributed by atoms with Gasteiger partial charge in [0.1, 0.15) is 12.2 Å². The molecule has 0 unspecified atom stereocenters. The van der Waals surface area contributed by atoms with Crippen LogP contribution in [0.3, 0.4) is 0 Å². The lowest BCUT2D eigenvalue weighted by molar-refractivity contribution is -0.145. The molecule has 0 spiro atoms. The molecule has 0 radical (unpaired) electrons. The molecular formula is C30H42O7. The Morgan fingerprint density at radius 3 is 2.68 bits per heavy atom. The number of carbonyl (C=O) groups excluding carboxylic acids is 1. The van der Waals surface area contributed by atoms with Crippen molar-refractivity contribution in [3.05, 3.63) is 60.3 Å². The van der Waals surface area contributed by atoms with Gasteiger partial charge in [-0.05, 0) is 57.4 Å². The molecule has 0 aliphatic carbocycles. The van der Waals surface area contributed by atoms with Gasteiger partial charge in [0.15, 0.2) is 0 Å². The van der Waals surface area contributed by atoms with Crippen LogP contribution in [0.4, 0.5) is 0 Å². The highest BCUT2D eigenvalue weighted by atomic mass is 16.6. The van der Waals surface area contributed by atoms with E-state index >= 15 is 0 Å². The molecule has 4 heterocycles. The molecule has 37 heavy (non-hydrogen) atoms. The Hall–Kier alpha value is -2.03. The molecule has 1 fully saturated rings. The molecule has 0 aromatic rings. The van der Waals surface area contributed by atoms with Gasteiger partial charge in [-0.3, -0.25) is 0 Å². The first kappa shape index (κ1) is 28.0. The third-order valence-corrected chi connectivity index (χ3v) is 7.43. The highest BCUT2D eigenvalue weighted by Gasteiger charge is 2.46. The number of aliphatic hydroxyl groups excluding tert-OH is 2.